The largest absolute Gasteiger partial charge is 0.309 e. The molecule has 2 heterocycles. The van der Waals surface area contributed by atoms with Crippen LogP contribution < -0.4 is 4.90 Å². The van der Waals surface area contributed by atoms with Crippen LogP contribution in [0.15, 0.2) is 103 Å². The number of carbonyl (C=O) groups is 2. The maximum Gasteiger partial charge on any atom is 0.266 e. The molecule has 41 heavy (non-hydrogen) atoms. The Hall–Kier alpha value is -5.47. The minimum atomic E-state index is -0.413. The Morgan fingerprint density at radius 2 is 1.29 bits per heavy atom. The van der Waals surface area contributed by atoms with Crippen molar-refractivity contribution in [1.29, 1.82) is 5.26 Å². The van der Waals surface area contributed by atoms with Crippen LogP contribution in [-0.2, 0) is 5.41 Å². The number of carbonyl (C=O) groups excluding carboxylic acids is 2. The third kappa shape index (κ3) is 2.99. The van der Waals surface area contributed by atoms with Crippen LogP contribution in [0.25, 0.3) is 38.6 Å². The molecule has 6 aromatic rings. The highest BCUT2D eigenvalue weighted by Crippen LogP contribution is 2.51. The molecule has 1 aliphatic heterocycles. The number of nitrogens with zero attached hydrogens (tertiary/aromatic N) is 3. The fourth-order valence-corrected chi connectivity index (χ4v) is 6.80. The lowest BCUT2D eigenvalue weighted by Crippen LogP contribution is -2.30. The van der Waals surface area contributed by atoms with E-state index in [1.165, 1.54) is 22.3 Å². The van der Waals surface area contributed by atoms with Gasteiger partial charge in [-0.2, -0.15) is 5.26 Å². The van der Waals surface area contributed by atoms with Crippen LogP contribution in [0.4, 0.5) is 5.69 Å². The van der Waals surface area contributed by atoms with Crippen LogP contribution in [0.5, 0.6) is 0 Å². The van der Waals surface area contributed by atoms with Crippen LogP contribution >= 0.6 is 0 Å². The molecule has 0 radical (unpaired) electrons. The van der Waals surface area contributed by atoms with E-state index in [9.17, 15) is 14.9 Å². The van der Waals surface area contributed by atoms with E-state index in [1.807, 2.05) is 18.2 Å². The van der Waals surface area contributed by atoms with Gasteiger partial charge in [0, 0.05) is 21.9 Å². The molecular formula is C36H23N3O2. The van der Waals surface area contributed by atoms with Gasteiger partial charge in [-0.25, -0.2) is 4.90 Å². The molecule has 1 aromatic heterocycles. The summed E-state index contributed by atoms with van der Waals surface area (Å²) in [6.07, 6.45) is 0. The van der Waals surface area contributed by atoms with E-state index in [0.29, 0.717) is 16.8 Å². The number of hydrogen-bond donors (Lipinski definition) is 0. The van der Waals surface area contributed by atoms with E-state index < -0.39 is 11.8 Å². The Balaban J connectivity index is 1.35. The van der Waals surface area contributed by atoms with Gasteiger partial charge in [0.1, 0.15) is 6.07 Å². The van der Waals surface area contributed by atoms with Crippen molar-refractivity contribution in [2.75, 3.05) is 4.90 Å². The van der Waals surface area contributed by atoms with Crippen LogP contribution in [0, 0.1) is 11.3 Å². The maximum atomic E-state index is 13.2. The summed E-state index contributed by atoms with van der Waals surface area (Å²) in [6.45, 7) is 4.53. The number of imide groups is 1. The summed E-state index contributed by atoms with van der Waals surface area (Å²) < 4.78 is 2.18. The number of benzene rings is 5. The van der Waals surface area contributed by atoms with Crippen LogP contribution in [0.1, 0.15) is 51.3 Å². The summed E-state index contributed by atoms with van der Waals surface area (Å²) in [7, 11) is 0. The zero-order valence-corrected chi connectivity index (χ0v) is 22.5. The Morgan fingerprint density at radius 1 is 0.634 bits per heavy atom. The molecule has 1 aliphatic carbocycles. The Labute approximate surface area is 236 Å². The molecule has 0 saturated heterocycles. The fourth-order valence-electron chi connectivity index (χ4n) is 6.80. The first kappa shape index (κ1) is 23.4. The topological polar surface area (TPSA) is 66.1 Å². The van der Waals surface area contributed by atoms with E-state index >= 15 is 0 Å². The van der Waals surface area contributed by atoms with E-state index in [4.69, 9.17) is 0 Å². The van der Waals surface area contributed by atoms with Crippen molar-refractivity contribution in [3.8, 4) is 22.9 Å². The lowest BCUT2D eigenvalue weighted by atomic mass is 9.82. The number of fused-ring (bicyclic) bond motifs is 7. The first-order chi connectivity index (χ1) is 19.9. The summed E-state index contributed by atoms with van der Waals surface area (Å²) in [4.78, 5) is 27.5. The smallest absolute Gasteiger partial charge is 0.266 e. The summed E-state index contributed by atoms with van der Waals surface area (Å²) in [5, 5.41) is 12.5. The molecule has 0 fully saturated rings. The van der Waals surface area contributed by atoms with E-state index in [0.717, 1.165) is 32.4 Å². The number of aromatic nitrogens is 1. The fraction of sp³-hybridized carbons (Fsp3) is 0.0833. The monoisotopic (exact) mass is 529 g/mol. The van der Waals surface area contributed by atoms with Crippen molar-refractivity contribution < 1.29 is 9.59 Å². The first-order valence-corrected chi connectivity index (χ1v) is 13.6. The molecule has 2 amide bonds. The zero-order chi connectivity index (χ0) is 28.0. The van der Waals surface area contributed by atoms with Gasteiger partial charge in [-0.15, -0.1) is 0 Å². The predicted molar refractivity (Wildman–Crippen MR) is 161 cm³/mol. The predicted octanol–water partition coefficient (Wildman–Crippen LogP) is 7.76. The van der Waals surface area contributed by atoms with E-state index in [1.54, 1.807) is 36.4 Å². The minimum Gasteiger partial charge on any atom is -0.309 e. The number of amides is 2. The average Bonchev–Trinajstić information content (AvgIpc) is 3.55. The third-order valence-electron chi connectivity index (χ3n) is 8.77. The van der Waals surface area contributed by atoms with Crippen LogP contribution in [0.3, 0.4) is 0 Å². The van der Waals surface area contributed by atoms with Gasteiger partial charge >= 0.3 is 0 Å². The van der Waals surface area contributed by atoms with Gasteiger partial charge < -0.3 is 4.57 Å². The number of nitriles is 1. The highest BCUT2D eigenvalue weighted by atomic mass is 16.2. The Morgan fingerprint density at radius 3 is 2.02 bits per heavy atom. The molecule has 194 valence electrons. The molecule has 0 atom stereocenters. The Kier molecular flexibility index (Phi) is 4.59. The molecular weight excluding hydrogens is 506 g/mol. The summed E-state index contributed by atoms with van der Waals surface area (Å²) in [5.74, 6) is -0.826. The number of hydrogen-bond acceptors (Lipinski definition) is 3. The van der Waals surface area contributed by atoms with Gasteiger partial charge in [-0.05, 0) is 70.8 Å². The average molecular weight is 530 g/mol. The van der Waals surface area contributed by atoms with Gasteiger partial charge in [0.2, 0.25) is 0 Å². The quantitative estimate of drug-likeness (QED) is 0.215. The number of para-hydroxylation sites is 1. The molecule has 5 nitrogen and oxygen atoms in total. The molecule has 0 N–H and O–H groups in total. The van der Waals surface area contributed by atoms with Crippen molar-refractivity contribution in [2.24, 2.45) is 0 Å². The maximum absolute atomic E-state index is 13.2. The molecule has 5 heteroatoms. The summed E-state index contributed by atoms with van der Waals surface area (Å²) in [6, 6.07) is 35.9. The normalized spacial score (nSPS) is 14.8. The number of anilines is 1. The second-order valence-electron chi connectivity index (χ2n) is 11.2. The lowest BCUT2D eigenvalue weighted by Gasteiger charge is -2.22. The van der Waals surface area contributed by atoms with Crippen molar-refractivity contribution >= 4 is 39.3 Å². The van der Waals surface area contributed by atoms with Crippen LogP contribution in [0.2, 0.25) is 0 Å². The minimum absolute atomic E-state index is 0.158. The van der Waals surface area contributed by atoms with Gasteiger partial charge in [0.15, 0.2) is 0 Å². The second kappa shape index (κ2) is 8.03. The third-order valence-corrected chi connectivity index (χ3v) is 8.77. The molecule has 8 rings (SSSR count). The zero-order valence-electron chi connectivity index (χ0n) is 22.5. The van der Waals surface area contributed by atoms with Crippen molar-refractivity contribution in [3.05, 3.63) is 131 Å². The molecule has 0 unspecified atom stereocenters. The molecule has 0 spiro atoms. The molecule has 0 bridgehead atoms. The molecule has 2 aliphatic rings. The summed E-state index contributed by atoms with van der Waals surface area (Å²) >= 11 is 0. The highest BCUT2D eigenvalue weighted by molar-refractivity contribution is 6.34. The lowest BCUT2D eigenvalue weighted by molar-refractivity contribution is 0.0926. The van der Waals surface area contributed by atoms with Crippen molar-refractivity contribution in [2.45, 2.75) is 19.3 Å². The number of rotatable bonds is 2. The van der Waals surface area contributed by atoms with Crippen molar-refractivity contribution in [3.63, 3.8) is 0 Å². The SMILES string of the molecule is CC1(C)c2ccccc2-c2cc3c4ccccc4n(-c4ccc(N5C(=O)c6ccccc6C5=O)c(C#N)c4)c3cc21. The second-order valence-corrected chi connectivity index (χ2v) is 11.2. The first-order valence-electron chi connectivity index (χ1n) is 13.6. The van der Waals surface area contributed by atoms with Crippen molar-refractivity contribution in [1.82, 2.24) is 4.57 Å². The van der Waals surface area contributed by atoms with Gasteiger partial charge in [0.05, 0.1) is 33.4 Å². The molecule has 0 saturated carbocycles. The standard InChI is InChI=1S/C36H23N3O2/c1-36(2)29-13-7-5-9-23(29)27-18-28-24-10-6-8-14-32(24)38(33(28)19-30(27)36)22-15-16-31(21(17-22)20-37)39-34(40)25-11-3-4-12-26(25)35(39)41/h3-19H,1-2H3. The van der Waals surface area contributed by atoms with Gasteiger partial charge in [-0.1, -0.05) is 68.4 Å². The van der Waals surface area contributed by atoms with E-state index in [2.05, 4.69) is 73.0 Å². The Bertz CT molecular complexity index is 2160. The summed E-state index contributed by atoms with van der Waals surface area (Å²) in [5.41, 5.74) is 9.05. The highest BCUT2D eigenvalue weighted by Gasteiger charge is 2.38. The molecule has 5 aromatic carbocycles. The van der Waals surface area contributed by atoms with Gasteiger partial charge in [-0.3, -0.25) is 9.59 Å². The van der Waals surface area contributed by atoms with Crippen LogP contribution in [-0.4, -0.2) is 16.4 Å². The van der Waals surface area contributed by atoms with Gasteiger partial charge in [0.25, 0.3) is 11.8 Å². The van der Waals surface area contributed by atoms with E-state index in [-0.39, 0.29) is 11.0 Å².